The number of Topliss-reactive ketones (excluding diaryl/α,β-unsaturated/α-hetero) is 3. The first-order valence-electron chi connectivity index (χ1n) is 19.2. The summed E-state index contributed by atoms with van der Waals surface area (Å²) in [5, 5.41) is 0. The summed E-state index contributed by atoms with van der Waals surface area (Å²) in [4.78, 5) is 37.3. The molecular weight excluding hydrogens is 564 g/mol. The van der Waals surface area contributed by atoms with Gasteiger partial charge in [-0.25, -0.2) is 0 Å². The zero-order valence-corrected chi connectivity index (χ0v) is 29.2. The van der Waals surface area contributed by atoms with Crippen LogP contribution in [0.3, 0.4) is 0 Å². The molecule has 0 N–H and O–H groups in total. The molecule has 0 aromatic heterocycles. The third kappa shape index (κ3) is 11.9. The van der Waals surface area contributed by atoms with Crippen LogP contribution < -0.4 is 0 Å². The number of aryl methyl sites for hydroxylation is 2. The van der Waals surface area contributed by atoms with Gasteiger partial charge in [0.2, 0.25) is 0 Å². The van der Waals surface area contributed by atoms with Gasteiger partial charge in [-0.2, -0.15) is 0 Å². The van der Waals surface area contributed by atoms with Crippen LogP contribution in [0.1, 0.15) is 176 Å². The number of benzene rings is 2. The highest BCUT2D eigenvalue weighted by atomic mass is 16.1. The predicted molar refractivity (Wildman–Crippen MR) is 191 cm³/mol. The van der Waals surface area contributed by atoms with Crippen LogP contribution in [0.25, 0.3) is 0 Å². The predicted octanol–water partition coefficient (Wildman–Crippen LogP) is 11.4. The number of carbonyl (C=O) groups is 3. The molecule has 0 unspecified atom stereocenters. The second kappa shape index (κ2) is 20.0. The van der Waals surface area contributed by atoms with Crippen LogP contribution in [0, 0.1) is 11.8 Å². The van der Waals surface area contributed by atoms with Crippen molar-refractivity contribution in [3.8, 4) is 0 Å². The lowest BCUT2D eigenvalue weighted by molar-refractivity contribution is -0.124. The molecule has 2 saturated carbocycles. The van der Waals surface area contributed by atoms with Gasteiger partial charge < -0.3 is 0 Å². The SMILES string of the molecule is CCCCC(=O)C1CCC(c2ccc(CCCCC(=O)CCCCc3ccc(C4CCC(C(=O)CCCC)CC4)cc3)cc2)CC1. The molecule has 2 aromatic carbocycles. The summed E-state index contributed by atoms with van der Waals surface area (Å²) < 4.78 is 0. The Balaban J connectivity index is 1.03. The zero-order chi connectivity index (χ0) is 32.6. The molecule has 0 bridgehead atoms. The number of hydrogen-bond donors (Lipinski definition) is 0. The molecule has 3 nitrogen and oxygen atoms in total. The van der Waals surface area contributed by atoms with Crippen molar-refractivity contribution in [2.75, 3.05) is 0 Å². The average molecular weight is 627 g/mol. The summed E-state index contributed by atoms with van der Waals surface area (Å²) in [6, 6.07) is 18.4. The lowest BCUT2D eigenvalue weighted by Crippen LogP contribution is -2.21. The van der Waals surface area contributed by atoms with E-state index < -0.39 is 0 Å². The van der Waals surface area contributed by atoms with E-state index >= 15 is 0 Å². The molecule has 252 valence electrons. The maximum Gasteiger partial charge on any atom is 0.135 e. The van der Waals surface area contributed by atoms with E-state index in [0.29, 0.717) is 53.9 Å². The van der Waals surface area contributed by atoms with E-state index in [0.717, 1.165) is 128 Å². The van der Waals surface area contributed by atoms with Crippen LogP contribution in [0.4, 0.5) is 0 Å². The second-order valence-electron chi connectivity index (χ2n) is 14.7. The minimum atomic E-state index is 0.303. The van der Waals surface area contributed by atoms with E-state index in [1.54, 1.807) is 0 Å². The average Bonchev–Trinajstić information content (AvgIpc) is 3.10. The largest absolute Gasteiger partial charge is 0.300 e. The van der Waals surface area contributed by atoms with Crippen LogP contribution in [0.15, 0.2) is 48.5 Å². The van der Waals surface area contributed by atoms with Gasteiger partial charge in [0.05, 0.1) is 0 Å². The maximum atomic E-state index is 12.5. The molecule has 2 aromatic rings. The molecular formula is C43H62O3. The van der Waals surface area contributed by atoms with Crippen molar-refractivity contribution in [1.29, 1.82) is 0 Å². The van der Waals surface area contributed by atoms with Gasteiger partial charge >= 0.3 is 0 Å². The number of unbranched alkanes of at least 4 members (excludes halogenated alkanes) is 4. The first kappa shape index (κ1) is 36.3. The summed E-state index contributed by atoms with van der Waals surface area (Å²) >= 11 is 0. The summed E-state index contributed by atoms with van der Waals surface area (Å²) in [5.41, 5.74) is 5.61. The lowest BCUT2D eigenvalue weighted by Gasteiger charge is -2.28. The van der Waals surface area contributed by atoms with Gasteiger partial charge in [-0.05, 0) is 137 Å². The first-order chi connectivity index (χ1) is 22.5. The number of hydrogen-bond acceptors (Lipinski definition) is 3. The molecule has 0 heterocycles. The number of carbonyl (C=O) groups excluding carboxylic acids is 3. The fourth-order valence-electron chi connectivity index (χ4n) is 7.95. The van der Waals surface area contributed by atoms with Crippen molar-refractivity contribution in [2.24, 2.45) is 11.8 Å². The van der Waals surface area contributed by atoms with Crippen LogP contribution in [0.2, 0.25) is 0 Å². The fourth-order valence-corrected chi connectivity index (χ4v) is 7.95. The van der Waals surface area contributed by atoms with Gasteiger partial charge in [0, 0.05) is 37.5 Å². The highest BCUT2D eigenvalue weighted by Gasteiger charge is 2.27. The van der Waals surface area contributed by atoms with E-state index in [4.69, 9.17) is 0 Å². The minimum absolute atomic E-state index is 0.303. The summed E-state index contributed by atoms with van der Waals surface area (Å²) in [6.07, 6.45) is 22.2. The van der Waals surface area contributed by atoms with Crippen LogP contribution in [-0.4, -0.2) is 17.3 Å². The molecule has 0 saturated heterocycles. The van der Waals surface area contributed by atoms with Crippen molar-refractivity contribution in [3.05, 3.63) is 70.8 Å². The molecule has 2 aliphatic rings. The quantitative estimate of drug-likeness (QED) is 0.137. The summed E-state index contributed by atoms with van der Waals surface area (Å²) in [7, 11) is 0. The molecule has 0 aliphatic heterocycles. The Morgan fingerprint density at radius 1 is 0.478 bits per heavy atom. The van der Waals surface area contributed by atoms with Crippen molar-refractivity contribution in [3.63, 3.8) is 0 Å². The van der Waals surface area contributed by atoms with E-state index in [2.05, 4.69) is 62.4 Å². The minimum Gasteiger partial charge on any atom is -0.300 e. The summed E-state index contributed by atoms with van der Waals surface area (Å²) in [5.74, 6) is 3.22. The van der Waals surface area contributed by atoms with Gasteiger partial charge in [-0.15, -0.1) is 0 Å². The van der Waals surface area contributed by atoms with Gasteiger partial charge in [0.1, 0.15) is 17.3 Å². The number of rotatable bonds is 20. The third-order valence-corrected chi connectivity index (χ3v) is 11.2. The van der Waals surface area contributed by atoms with Crippen molar-refractivity contribution >= 4 is 17.3 Å². The van der Waals surface area contributed by atoms with Gasteiger partial charge in [0.15, 0.2) is 0 Å². The van der Waals surface area contributed by atoms with Crippen molar-refractivity contribution in [1.82, 2.24) is 0 Å². The van der Waals surface area contributed by atoms with E-state index in [1.165, 1.54) is 22.3 Å². The molecule has 0 atom stereocenters. The first-order valence-corrected chi connectivity index (χ1v) is 19.2. The van der Waals surface area contributed by atoms with E-state index in [-0.39, 0.29) is 0 Å². The highest BCUT2D eigenvalue weighted by Crippen LogP contribution is 2.38. The molecule has 0 amide bonds. The van der Waals surface area contributed by atoms with Gasteiger partial charge in [0.25, 0.3) is 0 Å². The smallest absolute Gasteiger partial charge is 0.135 e. The van der Waals surface area contributed by atoms with Crippen molar-refractivity contribution < 1.29 is 14.4 Å². The zero-order valence-electron chi connectivity index (χ0n) is 29.2. The second-order valence-corrected chi connectivity index (χ2v) is 14.7. The van der Waals surface area contributed by atoms with Crippen LogP contribution in [0.5, 0.6) is 0 Å². The Bertz CT molecular complexity index is 1080. The molecule has 4 rings (SSSR count). The maximum absolute atomic E-state index is 12.5. The van der Waals surface area contributed by atoms with Gasteiger partial charge in [-0.3, -0.25) is 14.4 Å². The Labute approximate surface area is 280 Å². The molecule has 0 spiro atoms. The molecule has 2 aliphatic carbocycles. The molecule has 46 heavy (non-hydrogen) atoms. The van der Waals surface area contributed by atoms with Crippen molar-refractivity contribution in [2.45, 2.75) is 167 Å². The fraction of sp³-hybridized carbons (Fsp3) is 0.651. The standard InChI is InChI=1S/C43H62O3/c1-3-5-15-42(45)39-29-25-37(26-30-39)35-21-17-33(18-22-35)11-7-9-13-41(44)14-10-8-12-34-19-23-36(24-20-34)38-27-31-40(32-28-38)43(46)16-6-4-2/h17-24,37-40H,3-16,25-32H2,1-2H3. The molecule has 2 fully saturated rings. The Morgan fingerprint density at radius 3 is 1.20 bits per heavy atom. The third-order valence-electron chi connectivity index (χ3n) is 11.2. The van der Waals surface area contributed by atoms with Crippen LogP contribution >= 0.6 is 0 Å². The highest BCUT2D eigenvalue weighted by molar-refractivity contribution is 5.81. The van der Waals surface area contributed by atoms with E-state index in [1.807, 2.05) is 0 Å². The number of ketones is 3. The molecule has 0 radical (unpaired) electrons. The topological polar surface area (TPSA) is 51.2 Å². The summed E-state index contributed by atoms with van der Waals surface area (Å²) in [6.45, 7) is 4.31. The van der Waals surface area contributed by atoms with E-state index in [9.17, 15) is 14.4 Å². The Hall–Kier alpha value is -2.55. The van der Waals surface area contributed by atoms with Gasteiger partial charge in [-0.1, -0.05) is 75.2 Å². The normalized spacial score (nSPS) is 21.6. The monoisotopic (exact) mass is 626 g/mol. The van der Waals surface area contributed by atoms with Crippen LogP contribution in [-0.2, 0) is 27.2 Å². The molecule has 3 heteroatoms. The lowest BCUT2D eigenvalue weighted by atomic mass is 9.76. The Kier molecular flexibility index (Phi) is 15.7. The Morgan fingerprint density at radius 2 is 0.848 bits per heavy atom.